The Hall–Kier alpha value is -3.65. The first-order chi connectivity index (χ1) is 15.0. The first kappa shape index (κ1) is 20.6. The van der Waals surface area contributed by atoms with Gasteiger partial charge in [-0.3, -0.25) is 24.6 Å². The number of non-ortho nitro benzene ring substituents is 1. The maximum absolute atomic E-state index is 13.0. The second-order valence-electron chi connectivity index (χ2n) is 6.82. The van der Waals surface area contributed by atoms with Gasteiger partial charge in [-0.1, -0.05) is 42.5 Å². The SMILES string of the molecule is CCOc1ccc2ccccc2c1/C=C1\SC(=O)N(Cc2ccc([N+](=O)[O-])cc2)C1=O. The number of carbonyl (C=O) groups excluding carboxylic acids is 2. The number of amides is 2. The number of benzene rings is 3. The molecule has 1 fully saturated rings. The van der Waals surface area contributed by atoms with E-state index in [1.807, 2.05) is 43.3 Å². The predicted octanol–water partition coefficient (Wildman–Crippen LogP) is 5.38. The van der Waals surface area contributed by atoms with Crippen LogP contribution in [0.4, 0.5) is 10.5 Å². The largest absolute Gasteiger partial charge is 0.493 e. The van der Waals surface area contributed by atoms with Crippen LogP contribution in [0.25, 0.3) is 16.8 Å². The molecule has 3 aromatic rings. The van der Waals surface area contributed by atoms with Gasteiger partial charge in [0.1, 0.15) is 5.75 Å². The summed E-state index contributed by atoms with van der Waals surface area (Å²) in [5.74, 6) is 0.243. The van der Waals surface area contributed by atoms with Crippen molar-refractivity contribution < 1.29 is 19.2 Å². The standard InChI is InChI=1S/C23H18N2O5S/c1-2-30-20-12-9-16-5-3-4-6-18(16)19(20)13-21-22(26)24(23(27)31-21)14-15-7-10-17(11-8-15)25(28)29/h3-13H,2,14H2,1H3/b21-13-. The predicted molar refractivity (Wildman–Crippen MR) is 120 cm³/mol. The smallest absolute Gasteiger partial charge is 0.293 e. The van der Waals surface area contributed by atoms with Crippen LogP contribution >= 0.6 is 11.8 Å². The van der Waals surface area contributed by atoms with E-state index in [-0.39, 0.29) is 17.5 Å². The number of rotatable bonds is 6. The van der Waals surface area contributed by atoms with E-state index in [1.54, 1.807) is 18.2 Å². The highest BCUT2D eigenvalue weighted by molar-refractivity contribution is 8.18. The second-order valence-corrected chi connectivity index (χ2v) is 7.82. The van der Waals surface area contributed by atoms with Crippen molar-refractivity contribution in [1.29, 1.82) is 0 Å². The normalized spacial score (nSPS) is 15.1. The second kappa shape index (κ2) is 8.61. The molecule has 1 heterocycles. The maximum atomic E-state index is 13.0. The minimum Gasteiger partial charge on any atom is -0.493 e. The molecule has 0 saturated carbocycles. The van der Waals surface area contributed by atoms with Crippen molar-refractivity contribution in [3.8, 4) is 5.75 Å². The number of nitro benzene ring substituents is 1. The Labute approximate surface area is 182 Å². The van der Waals surface area contributed by atoms with Crippen molar-refractivity contribution in [2.45, 2.75) is 13.5 Å². The molecule has 0 spiro atoms. The van der Waals surface area contributed by atoms with Crippen molar-refractivity contribution in [3.05, 3.63) is 86.8 Å². The zero-order valence-corrected chi connectivity index (χ0v) is 17.4. The summed E-state index contributed by atoms with van der Waals surface area (Å²) < 4.78 is 5.75. The van der Waals surface area contributed by atoms with Gasteiger partial charge in [0.05, 0.1) is 23.0 Å². The fourth-order valence-electron chi connectivity index (χ4n) is 3.38. The number of hydrogen-bond acceptors (Lipinski definition) is 6. The van der Waals surface area contributed by atoms with Gasteiger partial charge in [0.25, 0.3) is 16.8 Å². The topological polar surface area (TPSA) is 89.8 Å². The Morgan fingerprint density at radius 1 is 1.06 bits per heavy atom. The summed E-state index contributed by atoms with van der Waals surface area (Å²) >= 11 is 0.874. The number of hydrogen-bond donors (Lipinski definition) is 0. The lowest BCUT2D eigenvalue weighted by atomic mass is 10.0. The molecular weight excluding hydrogens is 416 g/mol. The van der Waals surface area contributed by atoms with Gasteiger partial charge in [0, 0.05) is 17.7 Å². The first-order valence-electron chi connectivity index (χ1n) is 9.61. The van der Waals surface area contributed by atoms with E-state index >= 15 is 0 Å². The molecule has 3 aromatic carbocycles. The molecule has 0 atom stereocenters. The van der Waals surface area contributed by atoms with Crippen LogP contribution in [0, 0.1) is 10.1 Å². The lowest BCUT2D eigenvalue weighted by Gasteiger charge is -2.13. The number of imide groups is 1. The summed E-state index contributed by atoms with van der Waals surface area (Å²) in [6.45, 7) is 2.41. The summed E-state index contributed by atoms with van der Waals surface area (Å²) in [7, 11) is 0. The summed E-state index contributed by atoms with van der Waals surface area (Å²) in [6.07, 6.45) is 1.70. The maximum Gasteiger partial charge on any atom is 0.293 e. The van der Waals surface area contributed by atoms with Gasteiger partial charge in [-0.05, 0) is 47.2 Å². The molecule has 4 rings (SSSR count). The highest BCUT2D eigenvalue weighted by Gasteiger charge is 2.35. The molecule has 1 aliphatic heterocycles. The molecule has 8 heteroatoms. The Bertz CT molecular complexity index is 1220. The van der Waals surface area contributed by atoms with E-state index in [1.165, 1.54) is 12.1 Å². The van der Waals surface area contributed by atoms with Crippen LogP contribution in [0.1, 0.15) is 18.1 Å². The van der Waals surface area contributed by atoms with E-state index in [0.29, 0.717) is 22.8 Å². The quantitative estimate of drug-likeness (QED) is 0.294. The van der Waals surface area contributed by atoms with Gasteiger partial charge in [-0.25, -0.2) is 0 Å². The zero-order chi connectivity index (χ0) is 22.0. The first-order valence-corrected chi connectivity index (χ1v) is 10.4. The van der Waals surface area contributed by atoms with Gasteiger partial charge in [0.15, 0.2) is 0 Å². The average Bonchev–Trinajstić information content (AvgIpc) is 3.03. The number of thioether (sulfide) groups is 1. The van der Waals surface area contributed by atoms with Crippen LogP contribution in [0.3, 0.4) is 0 Å². The van der Waals surface area contributed by atoms with E-state index in [9.17, 15) is 19.7 Å². The Balaban J connectivity index is 1.66. The molecule has 1 saturated heterocycles. The molecule has 0 radical (unpaired) electrons. The molecule has 156 valence electrons. The van der Waals surface area contributed by atoms with Gasteiger partial charge in [-0.2, -0.15) is 0 Å². The highest BCUT2D eigenvalue weighted by Crippen LogP contribution is 2.37. The van der Waals surface area contributed by atoms with E-state index in [4.69, 9.17) is 4.74 Å². The van der Waals surface area contributed by atoms with Crippen molar-refractivity contribution in [2.75, 3.05) is 6.61 Å². The molecule has 0 aromatic heterocycles. The van der Waals surface area contributed by atoms with Crippen molar-refractivity contribution in [1.82, 2.24) is 4.90 Å². The van der Waals surface area contributed by atoms with Crippen LogP contribution < -0.4 is 4.74 Å². The Morgan fingerprint density at radius 2 is 1.81 bits per heavy atom. The van der Waals surface area contributed by atoms with Crippen LogP contribution in [0.15, 0.2) is 65.6 Å². The van der Waals surface area contributed by atoms with Crippen LogP contribution in [0.2, 0.25) is 0 Å². The number of nitrogens with zero attached hydrogens (tertiary/aromatic N) is 2. The third kappa shape index (κ3) is 4.15. The fourth-order valence-corrected chi connectivity index (χ4v) is 4.20. The fraction of sp³-hybridized carbons (Fsp3) is 0.130. The molecule has 0 bridgehead atoms. The summed E-state index contributed by atoms with van der Waals surface area (Å²) in [5, 5.41) is 12.4. The van der Waals surface area contributed by atoms with Crippen LogP contribution in [0.5, 0.6) is 5.75 Å². The lowest BCUT2D eigenvalue weighted by Crippen LogP contribution is -2.27. The number of carbonyl (C=O) groups is 2. The minimum absolute atomic E-state index is 0.0443. The van der Waals surface area contributed by atoms with E-state index in [0.717, 1.165) is 33.0 Å². The molecule has 0 N–H and O–H groups in total. The van der Waals surface area contributed by atoms with E-state index in [2.05, 4.69) is 0 Å². The monoisotopic (exact) mass is 434 g/mol. The van der Waals surface area contributed by atoms with Crippen molar-refractivity contribution in [2.24, 2.45) is 0 Å². The number of fused-ring (bicyclic) bond motifs is 1. The summed E-state index contributed by atoms with van der Waals surface area (Å²) in [5.41, 5.74) is 1.34. The Kier molecular flexibility index (Phi) is 5.73. The van der Waals surface area contributed by atoms with Crippen molar-refractivity contribution >= 4 is 45.4 Å². The third-order valence-electron chi connectivity index (χ3n) is 4.87. The average molecular weight is 434 g/mol. The Morgan fingerprint density at radius 3 is 2.52 bits per heavy atom. The van der Waals surface area contributed by atoms with Gasteiger partial charge < -0.3 is 4.74 Å². The van der Waals surface area contributed by atoms with Gasteiger partial charge >= 0.3 is 0 Å². The molecule has 0 unspecified atom stereocenters. The molecule has 31 heavy (non-hydrogen) atoms. The lowest BCUT2D eigenvalue weighted by molar-refractivity contribution is -0.384. The van der Waals surface area contributed by atoms with Crippen LogP contribution in [-0.2, 0) is 11.3 Å². The molecule has 7 nitrogen and oxygen atoms in total. The zero-order valence-electron chi connectivity index (χ0n) is 16.6. The minimum atomic E-state index is -0.493. The van der Waals surface area contributed by atoms with Gasteiger partial charge in [-0.15, -0.1) is 0 Å². The van der Waals surface area contributed by atoms with Crippen LogP contribution in [-0.4, -0.2) is 27.6 Å². The molecule has 1 aliphatic rings. The van der Waals surface area contributed by atoms with Gasteiger partial charge in [0.2, 0.25) is 0 Å². The number of nitro groups is 1. The highest BCUT2D eigenvalue weighted by atomic mass is 32.2. The van der Waals surface area contributed by atoms with E-state index < -0.39 is 10.8 Å². The molecular formula is C23H18N2O5S. The summed E-state index contributed by atoms with van der Waals surface area (Å²) in [4.78, 5) is 37.3. The number of ether oxygens (including phenoxy) is 1. The summed E-state index contributed by atoms with van der Waals surface area (Å²) in [6, 6.07) is 17.4. The molecule has 0 aliphatic carbocycles. The third-order valence-corrected chi connectivity index (χ3v) is 5.77. The van der Waals surface area contributed by atoms with Crippen molar-refractivity contribution in [3.63, 3.8) is 0 Å². The molecule has 2 amide bonds.